The van der Waals surface area contributed by atoms with Gasteiger partial charge in [0.25, 0.3) is 0 Å². The van der Waals surface area contributed by atoms with Crippen molar-refractivity contribution in [3.05, 3.63) is 35.7 Å². The van der Waals surface area contributed by atoms with Gasteiger partial charge in [0.1, 0.15) is 23.6 Å². The zero-order chi connectivity index (χ0) is 19.0. The van der Waals surface area contributed by atoms with Crippen LogP contribution < -0.4 is 5.32 Å². The maximum absolute atomic E-state index is 6.10. The number of nitrogens with one attached hydrogen (secondary N) is 2. The Labute approximate surface area is 161 Å². The van der Waals surface area contributed by atoms with Crippen LogP contribution in [0.2, 0.25) is 5.02 Å². The summed E-state index contributed by atoms with van der Waals surface area (Å²) < 4.78 is 7.58. The van der Waals surface area contributed by atoms with E-state index < -0.39 is 0 Å². The number of hydrogen-bond donors (Lipinski definition) is 2. The van der Waals surface area contributed by atoms with Crippen molar-refractivity contribution in [3.8, 4) is 11.4 Å². The van der Waals surface area contributed by atoms with E-state index in [0.29, 0.717) is 18.2 Å². The molecule has 0 aliphatic rings. The monoisotopic (exact) mass is 384 g/mol. The van der Waals surface area contributed by atoms with E-state index in [1.807, 2.05) is 49.9 Å². The van der Waals surface area contributed by atoms with Gasteiger partial charge in [-0.05, 0) is 32.0 Å². The number of anilines is 1. The van der Waals surface area contributed by atoms with Gasteiger partial charge in [-0.1, -0.05) is 11.6 Å². The Hall–Kier alpha value is -2.64. The summed E-state index contributed by atoms with van der Waals surface area (Å²) in [6, 6.07) is 5.61. The Morgan fingerprint density at radius 3 is 2.96 bits per heavy atom. The van der Waals surface area contributed by atoms with E-state index in [2.05, 4.69) is 20.3 Å². The molecule has 8 heteroatoms. The van der Waals surface area contributed by atoms with Gasteiger partial charge < -0.3 is 19.6 Å². The van der Waals surface area contributed by atoms with Gasteiger partial charge in [0, 0.05) is 30.4 Å². The molecule has 7 nitrogen and oxygen atoms in total. The van der Waals surface area contributed by atoms with Crippen LogP contribution in [0.4, 0.5) is 5.82 Å². The maximum atomic E-state index is 6.10. The highest BCUT2D eigenvalue weighted by Crippen LogP contribution is 2.33. The zero-order valence-corrected chi connectivity index (χ0v) is 16.2. The number of aromatic nitrogens is 5. The lowest BCUT2D eigenvalue weighted by Crippen LogP contribution is -2.14. The van der Waals surface area contributed by atoms with Crippen LogP contribution in [0, 0.1) is 0 Å². The second-order valence-corrected chi connectivity index (χ2v) is 7.10. The van der Waals surface area contributed by atoms with Crippen molar-refractivity contribution in [2.24, 2.45) is 7.05 Å². The standard InChI is InChI=1S/C19H21ClN6O/c1-11(2)27-7-6-21-18-16-13(9-26(3)19(16)23-10-22-18)17-24-14-5-4-12(20)8-15(14)25-17/h4-5,8-11H,6-7H2,1-3H3,(H,24,25)(H,21,22,23). The molecule has 0 aliphatic carbocycles. The summed E-state index contributed by atoms with van der Waals surface area (Å²) in [5.41, 5.74) is 3.53. The van der Waals surface area contributed by atoms with E-state index in [0.717, 1.165) is 39.3 Å². The van der Waals surface area contributed by atoms with E-state index in [1.54, 1.807) is 6.33 Å². The minimum absolute atomic E-state index is 0.201. The molecule has 27 heavy (non-hydrogen) atoms. The Bertz CT molecular complexity index is 1100. The van der Waals surface area contributed by atoms with Crippen LogP contribution in [-0.4, -0.2) is 43.8 Å². The number of hydrogen-bond acceptors (Lipinski definition) is 5. The fourth-order valence-electron chi connectivity index (χ4n) is 3.10. The largest absolute Gasteiger partial charge is 0.377 e. The number of halogens is 1. The summed E-state index contributed by atoms with van der Waals surface area (Å²) in [5, 5.41) is 4.96. The molecule has 0 aliphatic heterocycles. The molecule has 4 rings (SSSR count). The van der Waals surface area contributed by atoms with Crippen LogP contribution >= 0.6 is 11.6 Å². The van der Waals surface area contributed by atoms with Crippen molar-refractivity contribution in [1.82, 2.24) is 24.5 Å². The van der Waals surface area contributed by atoms with Crippen molar-refractivity contribution in [2.45, 2.75) is 20.0 Å². The number of fused-ring (bicyclic) bond motifs is 2. The summed E-state index contributed by atoms with van der Waals surface area (Å²) in [4.78, 5) is 16.9. The molecule has 0 amide bonds. The number of benzene rings is 1. The number of imidazole rings is 1. The highest BCUT2D eigenvalue weighted by Gasteiger charge is 2.17. The molecule has 4 aromatic rings. The van der Waals surface area contributed by atoms with E-state index >= 15 is 0 Å². The van der Waals surface area contributed by atoms with E-state index in [9.17, 15) is 0 Å². The van der Waals surface area contributed by atoms with Gasteiger partial charge in [-0.25, -0.2) is 15.0 Å². The van der Waals surface area contributed by atoms with Gasteiger partial charge in [0.05, 0.1) is 29.1 Å². The fraction of sp³-hybridized carbons (Fsp3) is 0.316. The van der Waals surface area contributed by atoms with Gasteiger partial charge in [0.2, 0.25) is 0 Å². The minimum atomic E-state index is 0.201. The van der Waals surface area contributed by atoms with E-state index in [4.69, 9.17) is 21.3 Å². The van der Waals surface area contributed by atoms with Crippen molar-refractivity contribution in [2.75, 3.05) is 18.5 Å². The van der Waals surface area contributed by atoms with Gasteiger partial charge in [-0.2, -0.15) is 0 Å². The summed E-state index contributed by atoms with van der Waals surface area (Å²) in [5.74, 6) is 1.52. The van der Waals surface area contributed by atoms with E-state index in [1.165, 1.54) is 0 Å². The Balaban J connectivity index is 1.75. The number of rotatable bonds is 6. The average molecular weight is 385 g/mol. The molecule has 0 saturated heterocycles. The minimum Gasteiger partial charge on any atom is -0.377 e. The van der Waals surface area contributed by atoms with Crippen molar-refractivity contribution >= 4 is 39.5 Å². The number of aromatic amines is 1. The average Bonchev–Trinajstić information content (AvgIpc) is 3.20. The quantitative estimate of drug-likeness (QED) is 0.491. The lowest BCUT2D eigenvalue weighted by Gasteiger charge is -2.10. The first-order chi connectivity index (χ1) is 13.0. The highest BCUT2D eigenvalue weighted by atomic mass is 35.5. The molecule has 0 spiro atoms. The number of nitrogens with zero attached hydrogens (tertiary/aromatic N) is 4. The zero-order valence-electron chi connectivity index (χ0n) is 15.5. The summed E-state index contributed by atoms with van der Waals surface area (Å²) >= 11 is 6.10. The van der Waals surface area contributed by atoms with Crippen molar-refractivity contribution in [1.29, 1.82) is 0 Å². The highest BCUT2D eigenvalue weighted by molar-refractivity contribution is 6.31. The topological polar surface area (TPSA) is 80.7 Å². The molecule has 2 N–H and O–H groups in total. The van der Waals surface area contributed by atoms with Crippen molar-refractivity contribution in [3.63, 3.8) is 0 Å². The van der Waals surface area contributed by atoms with Gasteiger partial charge in [-0.15, -0.1) is 0 Å². The lowest BCUT2D eigenvalue weighted by molar-refractivity contribution is 0.0870. The normalized spacial score (nSPS) is 11.7. The molecule has 0 unspecified atom stereocenters. The molecular formula is C19H21ClN6O. The second kappa shape index (κ2) is 7.17. The molecule has 0 bridgehead atoms. The Morgan fingerprint density at radius 2 is 2.15 bits per heavy atom. The third-order valence-electron chi connectivity index (χ3n) is 4.30. The van der Waals surface area contributed by atoms with Crippen LogP contribution in [0.1, 0.15) is 13.8 Å². The molecule has 0 fully saturated rings. The van der Waals surface area contributed by atoms with Crippen LogP contribution in [-0.2, 0) is 11.8 Å². The lowest BCUT2D eigenvalue weighted by atomic mass is 10.2. The molecule has 3 aromatic heterocycles. The fourth-order valence-corrected chi connectivity index (χ4v) is 3.27. The molecule has 0 atom stereocenters. The number of H-pyrrole nitrogens is 1. The summed E-state index contributed by atoms with van der Waals surface area (Å²) in [7, 11) is 1.96. The number of aryl methyl sites for hydroxylation is 1. The molecular weight excluding hydrogens is 364 g/mol. The third kappa shape index (κ3) is 3.48. The van der Waals surface area contributed by atoms with Crippen molar-refractivity contribution < 1.29 is 4.74 Å². The van der Waals surface area contributed by atoms with Gasteiger partial charge in [-0.3, -0.25) is 0 Å². The first-order valence-corrected chi connectivity index (χ1v) is 9.22. The first kappa shape index (κ1) is 17.8. The van der Waals surface area contributed by atoms with Gasteiger partial charge >= 0.3 is 0 Å². The van der Waals surface area contributed by atoms with Crippen LogP contribution in [0.5, 0.6) is 0 Å². The predicted molar refractivity (Wildman–Crippen MR) is 108 cm³/mol. The Kier molecular flexibility index (Phi) is 4.72. The smallest absolute Gasteiger partial charge is 0.145 e. The number of ether oxygens (including phenoxy) is 1. The Morgan fingerprint density at radius 1 is 1.30 bits per heavy atom. The molecule has 0 saturated carbocycles. The predicted octanol–water partition coefficient (Wildman–Crippen LogP) is 4.00. The molecule has 1 aromatic carbocycles. The summed E-state index contributed by atoms with van der Waals surface area (Å²) in [6.45, 7) is 5.31. The SMILES string of the molecule is CC(C)OCCNc1ncnc2c1c(-c1nc3ccc(Cl)cc3[nH]1)cn2C. The first-order valence-electron chi connectivity index (χ1n) is 8.84. The molecule has 140 valence electrons. The summed E-state index contributed by atoms with van der Waals surface area (Å²) in [6.07, 6.45) is 3.77. The van der Waals surface area contributed by atoms with Crippen LogP contribution in [0.25, 0.3) is 33.5 Å². The second-order valence-electron chi connectivity index (χ2n) is 6.67. The van der Waals surface area contributed by atoms with Crippen LogP contribution in [0.15, 0.2) is 30.7 Å². The third-order valence-corrected chi connectivity index (χ3v) is 4.53. The van der Waals surface area contributed by atoms with Gasteiger partial charge in [0.15, 0.2) is 0 Å². The molecule has 3 heterocycles. The van der Waals surface area contributed by atoms with E-state index in [-0.39, 0.29) is 6.10 Å². The maximum Gasteiger partial charge on any atom is 0.145 e. The van der Waals surface area contributed by atoms with Crippen LogP contribution in [0.3, 0.4) is 0 Å². The molecule has 0 radical (unpaired) electrons.